The Morgan fingerprint density at radius 1 is 0.875 bits per heavy atom. The van der Waals surface area contributed by atoms with Crippen molar-refractivity contribution in [2.45, 2.75) is 58.8 Å². The molecule has 2 heteroatoms. The minimum absolute atomic E-state index is 0.191. The predicted octanol–water partition coefficient (Wildman–Crippen LogP) is 5.95. The number of rotatable bonds is 1. The van der Waals surface area contributed by atoms with Gasteiger partial charge >= 0.3 is 0 Å². The molecule has 0 amide bonds. The van der Waals surface area contributed by atoms with E-state index in [1.54, 1.807) is 7.11 Å². The Morgan fingerprint density at radius 3 is 2.04 bits per heavy atom. The number of halogens is 1. The van der Waals surface area contributed by atoms with Crippen LogP contribution in [0.5, 0.6) is 5.75 Å². The van der Waals surface area contributed by atoms with Crippen LogP contribution in [-0.4, -0.2) is 7.11 Å². The lowest BCUT2D eigenvalue weighted by Crippen LogP contribution is -2.14. The maximum Gasteiger partial charge on any atom is 0.136 e. The molecule has 0 heterocycles. The molecule has 2 aromatic rings. The Kier molecular flexibility index (Phi) is 4.79. The fraction of sp³-hybridized carbons (Fsp3) is 0.455. The highest BCUT2D eigenvalue weighted by molar-refractivity contribution is 9.10. The molecule has 2 aromatic carbocycles. The van der Waals surface area contributed by atoms with Crippen LogP contribution in [-0.2, 0) is 31.1 Å². The van der Waals surface area contributed by atoms with Crippen molar-refractivity contribution in [2.75, 3.05) is 7.11 Å². The van der Waals surface area contributed by atoms with Gasteiger partial charge < -0.3 is 4.74 Å². The summed E-state index contributed by atoms with van der Waals surface area (Å²) in [5.74, 6) is 0.990. The van der Waals surface area contributed by atoms with Gasteiger partial charge in [0.15, 0.2) is 0 Å². The van der Waals surface area contributed by atoms with Crippen molar-refractivity contribution in [2.24, 2.45) is 0 Å². The molecule has 0 radical (unpaired) electrons. The van der Waals surface area contributed by atoms with Crippen LogP contribution in [0.3, 0.4) is 0 Å². The van der Waals surface area contributed by atoms with Crippen molar-refractivity contribution >= 4 is 15.9 Å². The fourth-order valence-electron chi connectivity index (χ4n) is 3.61. The molecule has 3 rings (SSSR count). The fourth-order valence-corrected chi connectivity index (χ4v) is 4.32. The summed E-state index contributed by atoms with van der Waals surface area (Å²) in [6.07, 6.45) is 4.25. The molecule has 0 N–H and O–H groups in total. The van der Waals surface area contributed by atoms with Gasteiger partial charge in [-0.1, -0.05) is 39.0 Å². The lowest BCUT2D eigenvalue weighted by molar-refractivity contribution is 0.406. The van der Waals surface area contributed by atoms with Crippen molar-refractivity contribution in [1.82, 2.24) is 0 Å². The largest absolute Gasteiger partial charge is 0.495 e. The van der Waals surface area contributed by atoms with Gasteiger partial charge in [0.2, 0.25) is 0 Å². The monoisotopic (exact) mass is 386 g/mol. The van der Waals surface area contributed by atoms with Gasteiger partial charge in [0.25, 0.3) is 0 Å². The molecular formula is C22H27BrO. The molecule has 0 saturated heterocycles. The van der Waals surface area contributed by atoms with Crippen LogP contribution in [0.2, 0.25) is 0 Å². The minimum atomic E-state index is 0.191. The highest BCUT2D eigenvalue weighted by atomic mass is 79.9. The zero-order valence-corrected chi connectivity index (χ0v) is 17.0. The maximum absolute atomic E-state index is 5.64. The van der Waals surface area contributed by atoms with E-state index in [1.165, 1.54) is 33.4 Å². The molecule has 0 aromatic heterocycles. The van der Waals surface area contributed by atoms with E-state index in [1.807, 2.05) is 0 Å². The molecule has 1 aliphatic rings. The molecule has 0 saturated carbocycles. The van der Waals surface area contributed by atoms with Gasteiger partial charge in [0, 0.05) is 0 Å². The summed E-state index contributed by atoms with van der Waals surface area (Å²) >= 11 is 3.68. The SMILES string of the molecule is COc1c(Br)cc2cc1CCc1cc(C(C)(C)C)cc(c1C)CC2. The van der Waals surface area contributed by atoms with Crippen molar-refractivity contribution in [1.29, 1.82) is 0 Å². The van der Waals surface area contributed by atoms with Crippen molar-refractivity contribution < 1.29 is 4.74 Å². The molecule has 0 aliphatic heterocycles. The normalized spacial score (nSPS) is 14.4. The third-order valence-electron chi connectivity index (χ3n) is 5.22. The van der Waals surface area contributed by atoms with Gasteiger partial charge in [0.1, 0.15) is 5.75 Å². The summed E-state index contributed by atoms with van der Waals surface area (Å²) < 4.78 is 6.72. The maximum atomic E-state index is 5.64. The molecular weight excluding hydrogens is 360 g/mol. The molecule has 4 bridgehead atoms. The molecule has 0 atom stereocenters. The summed E-state index contributed by atoms with van der Waals surface area (Å²) in [7, 11) is 1.76. The van der Waals surface area contributed by atoms with Crippen LogP contribution in [0.25, 0.3) is 0 Å². The van der Waals surface area contributed by atoms with Gasteiger partial charge in [-0.05, 0) is 93.4 Å². The standard InChI is InChI=1S/C22H27BrO/c1-14-16-7-6-15-10-18(21(24-5)20(23)11-15)9-8-17(14)13-19(12-16)22(2,3)4/h10-13H,6-9H2,1-5H3. The van der Waals surface area contributed by atoms with E-state index in [2.05, 4.69) is 67.9 Å². The van der Waals surface area contributed by atoms with Gasteiger partial charge in [-0.25, -0.2) is 0 Å². The second-order valence-corrected chi connectivity index (χ2v) is 8.79. The lowest BCUT2D eigenvalue weighted by Gasteiger charge is -2.24. The first-order chi connectivity index (χ1) is 11.3. The highest BCUT2D eigenvalue weighted by Crippen LogP contribution is 2.34. The minimum Gasteiger partial charge on any atom is -0.495 e. The van der Waals surface area contributed by atoms with E-state index in [0.717, 1.165) is 35.9 Å². The van der Waals surface area contributed by atoms with Crippen molar-refractivity contribution in [3.8, 4) is 5.75 Å². The zero-order chi connectivity index (χ0) is 17.5. The van der Waals surface area contributed by atoms with Gasteiger partial charge in [-0.2, -0.15) is 0 Å². The Bertz CT molecular complexity index is 769. The van der Waals surface area contributed by atoms with E-state index >= 15 is 0 Å². The van der Waals surface area contributed by atoms with Crippen molar-refractivity contribution in [3.63, 3.8) is 0 Å². The number of ether oxygens (including phenoxy) is 1. The van der Waals surface area contributed by atoms with Gasteiger partial charge in [0.05, 0.1) is 11.6 Å². The van der Waals surface area contributed by atoms with Gasteiger partial charge in [-0.15, -0.1) is 0 Å². The molecule has 0 unspecified atom stereocenters. The topological polar surface area (TPSA) is 9.23 Å². The van der Waals surface area contributed by atoms with Crippen LogP contribution >= 0.6 is 15.9 Å². The van der Waals surface area contributed by atoms with E-state index in [-0.39, 0.29) is 5.41 Å². The third-order valence-corrected chi connectivity index (χ3v) is 5.81. The first-order valence-corrected chi connectivity index (χ1v) is 9.57. The van der Waals surface area contributed by atoms with Crippen LogP contribution in [0, 0.1) is 6.92 Å². The summed E-state index contributed by atoms with van der Waals surface area (Å²) in [5.41, 5.74) is 8.82. The first-order valence-electron chi connectivity index (χ1n) is 8.77. The molecule has 0 spiro atoms. The van der Waals surface area contributed by atoms with Crippen molar-refractivity contribution in [3.05, 3.63) is 62.1 Å². The van der Waals surface area contributed by atoms with E-state index in [4.69, 9.17) is 4.74 Å². The number of hydrogen-bond donors (Lipinski definition) is 0. The van der Waals surface area contributed by atoms with Gasteiger partial charge in [-0.3, -0.25) is 0 Å². The number of aryl methyl sites for hydroxylation is 4. The molecule has 1 nitrogen and oxygen atoms in total. The first kappa shape index (κ1) is 17.5. The second kappa shape index (κ2) is 6.55. The van der Waals surface area contributed by atoms with E-state index in [0.29, 0.717) is 0 Å². The molecule has 1 aliphatic carbocycles. The molecule has 128 valence electrons. The summed E-state index contributed by atoms with van der Waals surface area (Å²) in [4.78, 5) is 0. The van der Waals surface area contributed by atoms with Crippen LogP contribution in [0.15, 0.2) is 28.7 Å². The third kappa shape index (κ3) is 3.39. The second-order valence-electron chi connectivity index (χ2n) is 7.94. The Balaban J connectivity index is 2.09. The Hall–Kier alpha value is -1.28. The van der Waals surface area contributed by atoms with E-state index in [9.17, 15) is 0 Å². The van der Waals surface area contributed by atoms with E-state index < -0.39 is 0 Å². The smallest absolute Gasteiger partial charge is 0.136 e. The number of fused-ring (bicyclic) bond motifs is 4. The summed E-state index contributed by atoms with van der Waals surface area (Å²) in [6.45, 7) is 9.21. The highest BCUT2D eigenvalue weighted by Gasteiger charge is 2.19. The van der Waals surface area contributed by atoms with Crippen LogP contribution in [0.1, 0.15) is 54.2 Å². The number of benzene rings is 2. The predicted molar refractivity (Wildman–Crippen MR) is 105 cm³/mol. The Labute approximate surface area is 154 Å². The number of hydrogen-bond acceptors (Lipinski definition) is 1. The van der Waals surface area contributed by atoms with Crippen LogP contribution < -0.4 is 4.74 Å². The zero-order valence-electron chi connectivity index (χ0n) is 15.4. The Morgan fingerprint density at radius 2 is 1.46 bits per heavy atom. The number of methoxy groups -OCH3 is 1. The molecule has 0 fully saturated rings. The lowest BCUT2D eigenvalue weighted by atomic mass is 9.81. The quantitative estimate of drug-likeness (QED) is 0.588. The molecule has 24 heavy (non-hydrogen) atoms. The average molecular weight is 387 g/mol. The summed E-state index contributed by atoms with van der Waals surface area (Å²) in [5, 5.41) is 0. The van der Waals surface area contributed by atoms with Crippen LogP contribution in [0.4, 0.5) is 0 Å². The summed E-state index contributed by atoms with van der Waals surface area (Å²) in [6, 6.07) is 9.40. The average Bonchev–Trinajstić information content (AvgIpc) is 2.50.